The largest absolute Gasteiger partial charge is 0.207 e. The second kappa shape index (κ2) is 52.5. The molecule has 0 bridgehead atoms. The van der Waals surface area contributed by atoms with Gasteiger partial charge in [-0.2, -0.15) is 0 Å². The molecule has 0 radical (unpaired) electrons. The van der Waals surface area contributed by atoms with Crippen molar-refractivity contribution >= 4 is 0 Å². The molecule has 0 heterocycles. The van der Waals surface area contributed by atoms with Crippen molar-refractivity contribution in [2.45, 2.75) is 306 Å². The zero-order chi connectivity index (χ0) is 99.4. The lowest BCUT2D eigenvalue weighted by atomic mass is 9.68. The second-order valence-corrected chi connectivity index (χ2v) is 45.3. The highest BCUT2D eigenvalue weighted by Gasteiger charge is 2.33. The van der Waals surface area contributed by atoms with E-state index in [4.69, 9.17) is 0 Å². The van der Waals surface area contributed by atoms with E-state index in [1.807, 2.05) is 67.6 Å². The first-order chi connectivity index (χ1) is 68.9. The van der Waals surface area contributed by atoms with Gasteiger partial charge in [0.15, 0.2) is 0 Å². The van der Waals surface area contributed by atoms with Crippen molar-refractivity contribution in [2.24, 2.45) is 53.3 Å². The molecular formula is C140H180F2. The molecule has 14 aromatic rings. The fraction of sp³-hybridized carbons (Fsp3) is 0.400. The van der Waals surface area contributed by atoms with E-state index in [1.165, 1.54) is 285 Å². The maximum atomic E-state index is 14.7. The van der Waals surface area contributed by atoms with E-state index < -0.39 is 0 Å². The molecule has 142 heavy (non-hydrogen) atoms. The predicted molar refractivity (Wildman–Crippen MR) is 623 cm³/mol. The van der Waals surface area contributed by atoms with Crippen LogP contribution in [0.15, 0.2) is 328 Å². The van der Waals surface area contributed by atoms with E-state index in [1.54, 1.807) is 30.2 Å². The first-order valence-electron chi connectivity index (χ1n) is 55.4. The molecule has 0 spiro atoms. The second-order valence-electron chi connectivity index (χ2n) is 45.3. The van der Waals surface area contributed by atoms with E-state index in [0.29, 0.717) is 17.0 Å². The first kappa shape index (κ1) is 105. The van der Waals surface area contributed by atoms with E-state index in [9.17, 15) is 8.78 Å². The highest BCUT2D eigenvalue weighted by molar-refractivity contribution is 5.74. The Morgan fingerprint density at radius 1 is 0.155 bits per heavy atom. The Morgan fingerprint density at radius 2 is 0.303 bits per heavy atom. The Bertz CT molecular complexity index is 5850. The first-order valence-corrected chi connectivity index (χ1v) is 55.4. The summed E-state index contributed by atoms with van der Waals surface area (Å²) in [5.41, 5.74) is 34.6. The molecule has 0 unspecified atom stereocenters. The third-order valence-corrected chi connectivity index (χ3v) is 33.9. The summed E-state index contributed by atoms with van der Waals surface area (Å²) < 4.78 is 28.4. The van der Waals surface area contributed by atoms with Crippen LogP contribution in [-0.2, 0) is 0 Å². The summed E-state index contributed by atoms with van der Waals surface area (Å²) >= 11 is 0. The minimum Gasteiger partial charge on any atom is -0.207 e. The quantitative estimate of drug-likeness (QED) is 0.102. The van der Waals surface area contributed by atoms with Gasteiger partial charge in [-0.25, -0.2) is 8.78 Å². The molecule has 7 saturated carbocycles. The summed E-state index contributed by atoms with van der Waals surface area (Å²) in [7, 11) is 0. The lowest BCUT2D eigenvalue weighted by Gasteiger charge is -2.37. The van der Waals surface area contributed by atoms with Crippen molar-refractivity contribution in [1.29, 1.82) is 0 Å². The van der Waals surface area contributed by atoms with Gasteiger partial charge in [0, 0.05) is 15.5 Å². The molecule has 21 rings (SSSR count). The summed E-state index contributed by atoms with van der Waals surface area (Å²) in [4.78, 5) is 0. The Labute approximate surface area is 867 Å². The van der Waals surface area contributed by atoms with Crippen molar-refractivity contribution in [3.63, 3.8) is 0 Å². The molecule has 7 aliphatic rings. The van der Waals surface area contributed by atoms with Gasteiger partial charge in [0.05, 0.1) is 0 Å². The predicted octanol–water partition coefficient (Wildman–Crippen LogP) is 43.3. The minimum absolute atomic E-state index is 0. The topological polar surface area (TPSA) is 0 Å². The molecule has 0 N–H and O–H groups in total. The molecule has 0 saturated heterocycles. The van der Waals surface area contributed by atoms with E-state index in [-0.39, 0.29) is 21.6 Å². The van der Waals surface area contributed by atoms with Crippen molar-refractivity contribution < 1.29 is 18.8 Å². The van der Waals surface area contributed by atoms with Gasteiger partial charge in [0.1, 0.15) is 11.6 Å². The minimum atomic E-state index is -0.165. The Hall–Kier alpha value is -11.1. The summed E-state index contributed by atoms with van der Waals surface area (Å²) in [6, 6.07) is 116. The van der Waals surface area contributed by atoms with Crippen LogP contribution in [0, 0.1) is 127 Å². The third-order valence-electron chi connectivity index (χ3n) is 33.9. The van der Waals surface area contributed by atoms with E-state index in [2.05, 4.69) is 338 Å². The highest BCUT2D eigenvalue weighted by atomic mass is 19.1. The normalized spacial score (nSPS) is 22.6. The monoisotopic (exact) mass is 1900 g/mol. The van der Waals surface area contributed by atoms with Crippen molar-refractivity contribution in [2.75, 3.05) is 0 Å². The maximum absolute atomic E-state index is 14.7. The van der Waals surface area contributed by atoms with E-state index in [0.717, 1.165) is 105 Å². The van der Waals surface area contributed by atoms with Crippen LogP contribution in [-0.4, -0.2) is 0 Å². The van der Waals surface area contributed by atoms with Crippen molar-refractivity contribution in [1.82, 2.24) is 0 Å². The van der Waals surface area contributed by atoms with Gasteiger partial charge in [-0.3, -0.25) is 0 Å². The number of rotatable bonds is 14. The standard InChI is InChI=1S/C26H27F.C20H17F.2C20H30.2C20H24.C14H14.7H2/c1-18-3-7-20(8-4-18)21-11-13-22(14-12-21)24-15-16-25(26(27)17-24)23-9-5-19(2)6-10-23;1-14-3-6-16(7-4-14)17-9-11-18(12-10-17)19-8-5-15(2)20(21)13-19;4*1-15-3-7-17(8-4-15)19-11-13-20(14-12-19)18-9-5-16(2)6-10-18;1-11-3-7-13(8-4-11)14-9-5-12(2)6-10-14;;;;;;;/h5-6,9-18,20H,3-4,7-8H2,1-2H3;3-13H,1-2H3;2*3-4,7-8,16,18-20H,5-6,9-14H2,1-2H3;2*3-4,7-8,11-14,16,18H,5-6,9-10H2,1-2H3;3-10H,1-2H3;7*1H. The molecule has 0 amide bonds. The molecule has 0 aromatic heterocycles. The lowest BCUT2D eigenvalue weighted by Crippen LogP contribution is -2.24. The number of benzene rings is 14. The maximum Gasteiger partial charge on any atom is 0.131 e. The van der Waals surface area contributed by atoms with Gasteiger partial charge in [0.25, 0.3) is 0 Å². The molecule has 0 aliphatic heterocycles. The summed E-state index contributed by atoms with van der Waals surface area (Å²) in [5.74, 6) is 12.6. The summed E-state index contributed by atoms with van der Waals surface area (Å²) in [5, 5.41) is 0. The highest BCUT2D eigenvalue weighted by Crippen LogP contribution is 2.48. The molecule has 14 aromatic carbocycles. The van der Waals surface area contributed by atoms with Crippen LogP contribution < -0.4 is 0 Å². The van der Waals surface area contributed by atoms with Crippen LogP contribution >= 0.6 is 0 Å². The van der Waals surface area contributed by atoms with Crippen LogP contribution in [0.5, 0.6) is 0 Å². The molecule has 0 nitrogen and oxygen atoms in total. The molecular weight excluding hydrogens is 1720 g/mol. The van der Waals surface area contributed by atoms with Crippen LogP contribution in [0.25, 0.3) is 77.9 Å². The molecule has 7 fully saturated rings. The zero-order valence-corrected chi connectivity index (χ0v) is 88.8. The van der Waals surface area contributed by atoms with Gasteiger partial charge in [-0.1, -0.05) is 459 Å². The summed E-state index contributed by atoms with van der Waals surface area (Å²) in [6.07, 6.45) is 40.0. The van der Waals surface area contributed by atoms with Crippen LogP contribution in [0.1, 0.15) is 332 Å². The lowest BCUT2D eigenvalue weighted by molar-refractivity contribution is 0.165. The number of hydrogen-bond donors (Lipinski definition) is 0. The van der Waals surface area contributed by atoms with Gasteiger partial charge >= 0.3 is 0 Å². The Morgan fingerprint density at radius 3 is 0.521 bits per heavy atom. The number of hydrogen-bond acceptors (Lipinski definition) is 0. The number of aryl methyl sites for hydroxylation is 9. The molecule has 754 valence electrons. The third kappa shape index (κ3) is 31.0. The Kier molecular flexibility index (Phi) is 38.9. The van der Waals surface area contributed by atoms with Crippen molar-refractivity contribution in [3.8, 4) is 77.9 Å². The fourth-order valence-corrected chi connectivity index (χ4v) is 23.7. The zero-order valence-electron chi connectivity index (χ0n) is 88.8. The molecule has 7 aliphatic carbocycles. The summed E-state index contributed by atoms with van der Waals surface area (Å²) in [6.45, 7) is 30.8. The Balaban J connectivity index is 0.000000211. The molecule has 0 atom stereocenters. The van der Waals surface area contributed by atoms with Gasteiger partial charge in [-0.05, 0) is 379 Å². The van der Waals surface area contributed by atoms with E-state index >= 15 is 0 Å². The van der Waals surface area contributed by atoms with Gasteiger partial charge < -0.3 is 0 Å². The average molecular weight is 1900 g/mol. The smallest absolute Gasteiger partial charge is 0.131 e. The average Bonchev–Trinajstić information content (AvgIpc) is 0.808. The van der Waals surface area contributed by atoms with Crippen LogP contribution in [0.3, 0.4) is 0 Å². The molecule has 2 heteroatoms. The van der Waals surface area contributed by atoms with Crippen LogP contribution in [0.2, 0.25) is 0 Å². The van der Waals surface area contributed by atoms with Gasteiger partial charge in [0.2, 0.25) is 0 Å². The SMILES string of the molecule is Cc1ccc(-c2ccc(-c3ccc(C)c(F)c3)cc2)cc1.Cc1ccc(-c2ccc(-c3ccc(C4CCC(C)CC4)cc3)cc2F)cc1.Cc1ccc(-c2ccc(C)cc2)cc1.Cc1ccc(-c2ccc(C3CCC(C)CC3)cc2)cc1.Cc1ccc(-c2ccc(C3CCC(C)CC3)cc2)cc1.Cc1ccc(C2CCC(C3CCC(C)CC3)CC2)cc1.Cc1ccc(C2CCC(C3CCC(C)CC3)CC2)cc1.[HH].[HH].[HH].[HH].[HH].[HH].[HH]. The van der Waals surface area contributed by atoms with Crippen molar-refractivity contribution in [3.05, 3.63) is 417 Å². The van der Waals surface area contributed by atoms with Gasteiger partial charge in [-0.15, -0.1) is 0 Å². The van der Waals surface area contributed by atoms with Crippen LogP contribution in [0.4, 0.5) is 8.78 Å². The number of halogens is 2. The fourth-order valence-electron chi connectivity index (χ4n) is 23.7.